The minimum Gasteiger partial charge on any atom is -0.465 e. The minimum atomic E-state index is -0.801. The lowest BCUT2D eigenvalue weighted by Gasteiger charge is -2.19. The van der Waals surface area contributed by atoms with E-state index in [1.54, 1.807) is 0 Å². The van der Waals surface area contributed by atoms with Gasteiger partial charge < -0.3 is 33.3 Å². The first kappa shape index (κ1) is 62.1. The van der Waals surface area contributed by atoms with Gasteiger partial charge in [0.05, 0.1) is 18.6 Å². The van der Waals surface area contributed by atoms with Gasteiger partial charge in [-0.25, -0.2) is 4.79 Å². The van der Waals surface area contributed by atoms with Gasteiger partial charge in [0.25, 0.3) is 0 Å². The summed E-state index contributed by atoms with van der Waals surface area (Å²) in [4.78, 5) is 51.8. The molecule has 0 saturated carbocycles. The number of allylic oxidation sites excluding steroid dienone is 2. The van der Waals surface area contributed by atoms with E-state index in [1.807, 2.05) is 18.6 Å². The zero-order valence-electron chi connectivity index (χ0n) is 42.7. The van der Waals surface area contributed by atoms with Crippen molar-refractivity contribution in [1.29, 1.82) is 0 Å². The summed E-state index contributed by atoms with van der Waals surface area (Å²) in [5.41, 5.74) is 1.12. The smallest absolute Gasteiger partial charge is 0.465 e. The van der Waals surface area contributed by atoms with Gasteiger partial charge in [0, 0.05) is 38.8 Å². The molecule has 0 fully saturated rings. The first-order chi connectivity index (χ1) is 31.7. The van der Waals surface area contributed by atoms with Crippen molar-refractivity contribution in [2.75, 3.05) is 59.3 Å². The molecule has 1 rings (SSSR count). The second-order valence-electron chi connectivity index (χ2n) is 17.6. The van der Waals surface area contributed by atoms with E-state index in [4.69, 9.17) is 28.4 Å². The number of carbonyl (C=O) groups excluding carboxylic acids is 4. The van der Waals surface area contributed by atoms with Crippen LogP contribution in [0.25, 0.3) is 0 Å². The largest absolute Gasteiger partial charge is 0.508 e. The molecule has 65 heavy (non-hydrogen) atoms. The highest BCUT2D eigenvalue weighted by molar-refractivity contribution is 5.70. The molecule has 1 radical (unpaired) electrons. The van der Waals surface area contributed by atoms with Crippen LogP contribution >= 0.6 is 0 Å². The average Bonchev–Trinajstić information content (AvgIpc) is 4.16. The Hall–Kier alpha value is -2.92. The lowest BCUT2D eigenvalue weighted by atomic mass is 10.1. The summed E-state index contributed by atoms with van der Waals surface area (Å²) in [7, 11) is 0. The normalized spacial score (nSPS) is 12.9. The zero-order chi connectivity index (χ0) is 47.9. The van der Waals surface area contributed by atoms with E-state index < -0.39 is 12.1 Å². The maximum atomic E-state index is 12.7. The van der Waals surface area contributed by atoms with Crippen molar-refractivity contribution in [3.8, 4) is 0 Å². The van der Waals surface area contributed by atoms with E-state index >= 15 is 0 Å². The third-order valence-corrected chi connectivity index (χ3v) is 11.5. The van der Waals surface area contributed by atoms with Crippen molar-refractivity contribution >= 4 is 24.1 Å². The quantitative estimate of drug-likeness (QED) is 0.0251. The van der Waals surface area contributed by atoms with E-state index in [-0.39, 0.29) is 63.3 Å². The van der Waals surface area contributed by atoms with E-state index in [1.165, 1.54) is 96.3 Å². The Morgan fingerprint density at radius 3 is 1.52 bits per heavy atom. The molecule has 11 nitrogen and oxygen atoms in total. The molecular weight excluding hydrogens is 823 g/mol. The van der Waals surface area contributed by atoms with Crippen LogP contribution in [-0.4, -0.2) is 94.3 Å². The number of esters is 3. The van der Waals surface area contributed by atoms with Gasteiger partial charge in [-0.2, -0.15) is 0 Å². The Kier molecular flexibility index (Phi) is 45.4. The van der Waals surface area contributed by atoms with Gasteiger partial charge >= 0.3 is 24.1 Å². The third kappa shape index (κ3) is 43.4. The van der Waals surface area contributed by atoms with E-state index in [9.17, 15) is 19.2 Å². The Morgan fingerprint density at radius 1 is 0.508 bits per heavy atom. The lowest BCUT2D eigenvalue weighted by Crippen LogP contribution is -2.27. The molecule has 1 aliphatic rings. The summed E-state index contributed by atoms with van der Waals surface area (Å²) < 4.78 is 33.0. The fourth-order valence-corrected chi connectivity index (χ4v) is 7.07. The van der Waals surface area contributed by atoms with Crippen LogP contribution in [0, 0.1) is 12.3 Å². The monoisotopic (exact) mass is 921 g/mol. The molecule has 0 aromatic carbocycles. The molecule has 0 amide bonds. The van der Waals surface area contributed by atoms with Crippen LogP contribution < -0.4 is 0 Å². The maximum absolute atomic E-state index is 12.7. The van der Waals surface area contributed by atoms with Crippen molar-refractivity contribution in [2.24, 2.45) is 5.92 Å². The molecular formula is C54H98NO10. The van der Waals surface area contributed by atoms with Crippen molar-refractivity contribution < 1.29 is 47.6 Å². The highest BCUT2D eigenvalue weighted by atomic mass is 16.7. The van der Waals surface area contributed by atoms with Gasteiger partial charge in [-0.15, -0.1) is 0 Å². The molecule has 2 atom stereocenters. The molecule has 0 spiro atoms. The molecule has 0 aliphatic heterocycles. The average molecular weight is 921 g/mol. The van der Waals surface area contributed by atoms with Crippen LogP contribution in [0.15, 0.2) is 23.8 Å². The SMILES string of the molecule is CCCCCC/C=C\COC(=O)CCCCCCCC(=O)OCC(COC(=O)CCC(OCCCCCCCC)C1=C[CH]1)COC(=O)OCCCN(CC)CC.CCCCCCCCC. The van der Waals surface area contributed by atoms with E-state index in [0.717, 1.165) is 70.2 Å². The molecule has 379 valence electrons. The summed E-state index contributed by atoms with van der Waals surface area (Å²) in [6, 6.07) is 0. The molecule has 0 N–H and O–H groups in total. The summed E-state index contributed by atoms with van der Waals surface area (Å²) in [6.45, 7) is 16.8. The molecule has 11 heteroatoms. The summed E-state index contributed by atoms with van der Waals surface area (Å²) in [6.07, 6.45) is 36.2. The van der Waals surface area contributed by atoms with Crippen LogP contribution in [0.4, 0.5) is 4.79 Å². The lowest BCUT2D eigenvalue weighted by molar-refractivity contribution is -0.150. The van der Waals surface area contributed by atoms with Crippen molar-refractivity contribution in [3.05, 3.63) is 30.2 Å². The molecule has 0 aromatic rings. The molecule has 0 aromatic heterocycles. The van der Waals surface area contributed by atoms with Crippen LogP contribution in [0.5, 0.6) is 0 Å². The number of carbonyl (C=O) groups is 4. The fraction of sp³-hybridized carbons (Fsp3) is 0.833. The highest BCUT2D eigenvalue weighted by Gasteiger charge is 2.24. The van der Waals surface area contributed by atoms with Gasteiger partial charge in [-0.1, -0.05) is 175 Å². The second kappa shape index (κ2) is 47.6. The topological polar surface area (TPSA) is 127 Å². The van der Waals surface area contributed by atoms with E-state index in [0.29, 0.717) is 38.9 Å². The van der Waals surface area contributed by atoms with Gasteiger partial charge in [0.15, 0.2) is 0 Å². The van der Waals surface area contributed by atoms with Crippen LogP contribution in [0.2, 0.25) is 0 Å². The highest BCUT2D eigenvalue weighted by Crippen LogP contribution is 2.27. The number of hydrogen-bond acceptors (Lipinski definition) is 11. The summed E-state index contributed by atoms with van der Waals surface area (Å²) >= 11 is 0. The molecule has 1 aliphatic carbocycles. The van der Waals surface area contributed by atoms with Crippen molar-refractivity contribution in [1.82, 2.24) is 4.90 Å². The summed E-state index contributed by atoms with van der Waals surface area (Å²) in [5.74, 6) is -1.45. The van der Waals surface area contributed by atoms with Gasteiger partial charge in [-0.3, -0.25) is 14.4 Å². The zero-order valence-corrected chi connectivity index (χ0v) is 42.7. The number of ether oxygens (including phenoxy) is 6. The second-order valence-corrected chi connectivity index (χ2v) is 17.6. The number of hydrogen-bond donors (Lipinski definition) is 0. The number of unbranched alkanes of at least 4 members (excludes halogenated alkanes) is 19. The predicted octanol–water partition coefficient (Wildman–Crippen LogP) is 13.8. The molecule has 0 heterocycles. The van der Waals surface area contributed by atoms with E-state index in [2.05, 4.69) is 52.5 Å². The third-order valence-electron chi connectivity index (χ3n) is 11.5. The maximum Gasteiger partial charge on any atom is 0.508 e. The summed E-state index contributed by atoms with van der Waals surface area (Å²) in [5, 5.41) is 0. The van der Waals surface area contributed by atoms with Crippen LogP contribution in [0.1, 0.15) is 221 Å². The Labute approximate surface area is 398 Å². The van der Waals surface area contributed by atoms with Crippen molar-refractivity contribution in [2.45, 2.75) is 227 Å². The number of rotatable bonds is 45. The minimum absolute atomic E-state index is 0.0522. The standard InChI is InChI=1S/C45H78NO10.C9H20/c1-5-9-11-13-15-20-24-34-52-42(47)26-21-17-16-18-22-27-43(48)54-36-39(38-56-45(50)53-35-25-32-46(7-3)8-4)37-55-44(49)31-30-41(40-28-29-40)51-33-23-19-14-12-10-6-2;1-3-5-7-9-8-6-4-2/h20,24,28-29,39,41H,5-19,21-23,25-27,30-38H2,1-4H3;3-9H2,1-2H3/b24-20-;. The van der Waals surface area contributed by atoms with Crippen LogP contribution in [0.3, 0.4) is 0 Å². The predicted molar refractivity (Wildman–Crippen MR) is 265 cm³/mol. The molecule has 0 saturated heterocycles. The first-order valence-corrected chi connectivity index (χ1v) is 26.5. The van der Waals surface area contributed by atoms with Gasteiger partial charge in [0.1, 0.15) is 26.4 Å². The van der Waals surface area contributed by atoms with Crippen LogP contribution in [-0.2, 0) is 42.8 Å². The van der Waals surface area contributed by atoms with Crippen molar-refractivity contribution in [3.63, 3.8) is 0 Å². The Morgan fingerprint density at radius 2 is 0.985 bits per heavy atom. The molecule has 2 unspecified atom stereocenters. The van der Waals surface area contributed by atoms with Gasteiger partial charge in [-0.05, 0) is 63.6 Å². The first-order valence-electron chi connectivity index (χ1n) is 26.5. The Balaban J connectivity index is 0.00000407. The fourth-order valence-electron chi connectivity index (χ4n) is 7.07. The number of nitrogens with zero attached hydrogens (tertiary/aromatic N) is 1. The Bertz CT molecular complexity index is 1180. The van der Waals surface area contributed by atoms with Gasteiger partial charge in [0.2, 0.25) is 0 Å². The molecule has 0 bridgehead atoms.